The highest BCUT2D eigenvalue weighted by molar-refractivity contribution is 5.80. The van der Waals surface area contributed by atoms with Crippen LogP contribution < -0.4 is 11.1 Å². The molecule has 1 aliphatic heterocycles. The van der Waals surface area contributed by atoms with Crippen LogP contribution in [0.4, 0.5) is 0 Å². The van der Waals surface area contributed by atoms with Gasteiger partial charge in [0.15, 0.2) is 0 Å². The smallest absolute Gasteiger partial charge is 0.105 e. The van der Waals surface area contributed by atoms with Crippen LogP contribution in [0, 0.1) is 5.41 Å². The Morgan fingerprint density at radius 1 is 1.78 bits per heavy atom. The first-order valence-corrected chi connectivity index (χ1v) is 2.75. The Hall–Kier alpha value is -1.25. The highest BCUT2D eigenvalue weighted by Gasteiger charge is 1.98. The molecule has 4 N–H and O–H groups in total. The standard InChI is InChI=1S/C6H9N3/c7-4-5-2-1-3-9-6(5)8/h1-2,4,7,9H,3,8H2. The highest BCUT2D eigenvalue weighted by Crippen LogP contribution is 1.98. The van der Waals surface area contributed by atoms with Crippen molar-refractivity contribution in [3.8, 4) is 0 Å². The molecule has 0 aromatic carbocycles. The molecule has 0 radical (unpaired) electrons. The summed E-state index contributed by atoms with van der Waals surface area (Å²) in [5.41, 5.74) is 6.21. The van der Waals surface area contributed by atoms with Crippen molar-refractivity contribution in [3.05, 3.63) is 23.5 Å². The predicted molar refractivity (Wildman–Crippen MR) is 37.1 cm³/mol. The zero-order valence-electron chi connectivity index (χ0n) is 5.02. The Bertz CT molecular complexity index is 179. The van der Waals surface area contributed by atoms with Crippen molar-refractivity contribution in [1.29, 1.82) is 5.41 Å². The first kappa shape index (κ1) is 5.88. The van der Waals surface area contributed by atoms with Gasteiger partial charge in [-0.05, 0) is 0 Å². The maximum Gasteiger partial charge on any atom is 0.105 e. The third-order valence-electron chi connectivity index (χ3n) is 1.17. The summed E-state index contributed by atoms with van der Waals surface area (Å²) in [6, 6.07) is 0. The molecule has 0 aliphatic carbocycles. The molecule has 1 rings (SSSR count). The molecule has 1 aliphatic rings. The zero-order valence-corrected chi connectivity index (χ0v) is 5.02. The second-order valence-corrected chi connectivity index (χ2v) is 1.80. The molecule has 0 saturated carbocycles. The zero-order chi connectivity index (χ0) is 6.69. The van der Waals surface area contributed by atoms with E-state index in [2.05, 4.69) is 5.32 Å². The van der Waals surface area contributed by atoms with E-state index in [0.29, 0.717) is 5.82 Å². The predicted octanol–water partition coefficient (Wildman–Crippen LogP) is -0.0343. The first-order chi connectivity index (χ1) is 4.34. The van der Waals surface area contributed by atoms with Crippen LogP contribution in [0.1, 0.15) is 0 Å². The summed E-state index contributed by atoms with van der Waals surface area (Å²) in [4.78, 5) is 0. The summed E-state index contributed by atoms with van der Waals surface area (Å²) in [7, 11) is 0. The topological polar surface area (TPSA) is 61.9 Å². The maximum atomic E-state index is 6.87. The van der Waals surface area contributed by atoms with Gasteiger partial charge in [0.1, 0.15) is 5.82 Å². The van der Waals surface area contributed by atoms with E-state index in [9.17, 15) is 0 Å². The molecular formula is C6H9N3. The Morgan fingerprint density at radius 3 is 3.00 bits per heavy atom. The van der Waals surface area contributed by atoms with Crippen LogP contribution in [0.15, 0.2) is 23.5 Å². The average molecular weight is 123 g/mol. The molecule has 0 fully saturated rings. The quantitative estimate of drug-likeness (QED) is 0.428. The second kappa shape index (κ2) is 2.35. The van der Waals surface area contributed by atoms with Gasteiger partial charge in [-0.15, -0.1) is 0 Å². The molecule has 3 nitrogen and oxygen atoms in total. The first-order valence-electron chi connectivity index (χ1n) is 2.75. The summed E-state index contributed by atoms with van der Waals surface area (Å²) in [5, 5.41) is 9.78. The lowest BCUT2D eigenvalue weighted by Gasteiger charge is -2.09. The van der Waals surface area contributed by atoms with E-state index < -0.39 is 0 Å². The van der Waals surface area contributed by atoms with Crippen molar-refractivity contribution in [2.45, 2.75) is 0 Å². The van der Waals surface area contributed by atoms with Crippen LogP contribution in [0.2, 0.25) is 0 Å². The fraction of sp³-hybridized carbons (Fsp3) is 0.167. The largest absolute Gasteiger partial charge is 0.385 e. The van der Waals surface area contributed by atoms with Crippen molar-refractivity contribution < 1.29 is 0 Å². The van der Waals surface area contributed by atoms with Crippen molar-refractivity contribution in [2.24, 2.45) is 5.73 Å². The van der Waals surface area contributed by atoms with Crippen LogP contribution in [0.5, 0.6) is 0 Å². The fourth-order valence-corrected chi connectivity index (χ4v) is 0.672. The van der Waals surface area contributed by atoms with E-state index in [0.717, 1.165) is 12.1 Å². The molecule has 0 saturated heterocycles. The van der Waals surface area contributed by atoms with Crippen molar-refractivity contribution >= 4 is 6.21 Å². The molecule has 0 amide bonds. The highest BCUT2D eigenvalue weighted by atomic mass is 15.0. The summed E-state index contributed by atoms with van der Waals surface area (Å²) < 4.78 is 0. The lowest BCUT2D eigenvalue weighted by Crippen LogP contribution is -2.24. The summed E-state index contributed by atoms with van der Waals surface area (Å²) in [6.45, 7) is 0.767. The van der Waals surface area contributed by atoms with Crippen LogP contribution in [0.25, 0.3) is 0 Å². The molecule has 3 heteroatoms. The molecule has 0 unspecified atom stereocenters. The van der Waals surface area contributed by atoms with Gasteiger partial charge < -0.3 is 16.5 Å². The van der Waals surface area contributed by atoms with Crippen molar-refractivity contribution in [3.63, 3.8) is 0 Å². The van der Waals surface area contributed by atoms with Crippen LogP contribution >= 0.6 is 0 Å². The van der Waals surface area contributed by atoms with Gasteiger partial charge in [0.25, 0.3) is 0 Å². The molecule has 9 heavy (non-hydrogen) atoms. The van der Waals surface area contributed by atoms with Crippen LogP contribution in [-0.2, 0) is 0 Å². The Kier molecular flexibility index (Phi) is 1.53. The Labute approximate surface area is 53.8 Å². The summed E-state index contributed by atoms with van der Waals surface area (Å²) >= 11 is 0. The molecule has 0 aromatic heterocycles. The number of hydrogen-bond donors (Lipinski definition) is 3. The minimum absolute atomic E-state index is 0.590. The number of dihydropyridines is 1. The molecular weight excluding hydrogens is 114 g/mol. The van der Waals surface area contributed by atoms with Gasteiger partial charge in [-0.2, -0.15) is 0 Å². The Balaban J connectivity index is 2.84. The molecule has 0 spiro atoms. The number of rotatable bonds is 1. The van der Waals surface area contributed by atoms with Gasteiger partial charge in [-0.3, -0.25) is 0 Å². The maximum absolute atomic E-state index is 6.87. The minimum atomic E-state index is 0.590. The van der Waals surface area contributed by atoms with E-state index >= 15 is 0 Å². The van der Waals surface area contributed by atoms with E-state index in [-0.39, 0.29) is 0 Å². The summed E-state index contributed by atoms with van der Waals surface area (Å²) in [5.74, 6) is 0.590. The van der Waals surface area contributed by atoms with Gasteiger partial charge in [-0.1, -0.05) is 12.2 Å². The van der Waals surface area contributed by atoms with E-state index in [1.54, 1.807) is 0 Å². The number of nitrogens with one attached hydrogen (secondary N) is 2. The van der Waals surface area contributed by atoms with Gasteiger partial charge in [-0.25, -0.2) is 0 Å². The lowest BCUT2D eigenvalue weighted by atomic mass is 10.2. The van der Waals surface area contributed by atoms with E-state index in [1.165, 1.54) is 6.21 Å². The normalized spacial score (nSPS) is 17.3. The minimum Gasteiger partial charge on any atom is -0.385 e. The van der Waals surface area contributed by atoms with E-state index in [1.807, 2.05) is 12.2 Å². The van der Waals surface area contributed by atoms with Crippen molar-refractivity contribution in [2.75, 3.05) is 6.54 Å². The molecule has 0 bridgehead atoms. The van der Waals surface area contributed by atoms with Gasteiger partial charge >= 0.3 is 0 Å². The van der Waals surface area contributed by atoms with E-state index in [4.69, 9.17) is 11.1 Å². The van der Waals surface area contributed by atoms with Gasteiger partial charge in [0, 0.05) is 18.3 Å². The molecule has 1 heterocycles. The SMILES string of the molecule is N=CC1=C(N)NCC=C1. The van der Waals surface area contributed by atoms with Crippen LogP contribution in [0.3, 0.4) is 0 Å². The van der Waals surface area contributed by atoms with Crippen LogP contribution in [-0.4, -0.2) is 12.8 Å². The molecule has 0 aromatic rings. The number of allylic oxidation sites excluding steroid dienone is 2. The molecule has 0 atom stereocenters. The third kappa shape index (κ3) is 1.10. The van der Waals surface area contributed by atoms with Gasteiger partial charge in [0.05, 0.1) is 0 Å². The second-order valence-electron chi connectivity index (χ2n) is 1.80. The molecule has 48 valence electrons. The lowest BCUT2D eigenvalue weighted by molar-refractivity contribution is 0.867. The monoisotopic (exact) mass is 123 g/mol. The van der Waals surface area contributed by atoms with Crippen molar-refractivity contribution in [1.82, 2.24) is 5.32 Å². The average Bonchev–Trinajstić information content (AvgIpc) is 1.89. The third-order valence-corrected chi connectivity index (χ3v) is 1.17. The number of hydrogen-bond acceptors (Lipinski definition) is 3. The Morgan fingerprint density at radius 2 is 2.56 bits per heavy atom. The summed E-state index contributed by atoms with van der Waals surface area (Å²) in [6.07, 6.45) is 4.99. The number of nitrogens with two attached hydrogens (primary N) is 1. The van der Waals surface area contributed by atoms with Gasteiger partial charge in [0.2, 0.25) is 0 Å². The fourth-order valence-electron chi connectivity index (χ4n) is 0.672.